The van der Waals surface area contributed by atoms with Gasteiger partial charge in [0.1, 0.15) is 44.9 Å². The van der Waals surface area contributed by atoms with Crippen molar-refractivity contribution < 1.29 is 32.8 Å². The third kappa shape index (κ3) is 12.2. The number of thiazole rings is 2. The van der Waals surface area contributed by atoms with Gasteiger partial charge in [0.15, 0.2) is 9.92 Å². The summed E-state index contributed by atoms with van der Waals surface area (Å²) in [5, 5.41) is 8.13. The van der Waals surface area contributed by atoms with Crippen molar-refractivity contribution >= 4 is 70.8 Å². The molecule has 0 atom stereocenters. The third-order valence-electron chi connectivity index (χ3n) is 13.5. The van der Waals surface area contributed by atoms with Crippen LogP contribution in [0.3, 0.4) is 0 Å². The summed E-state index contributed by atoms with van der Waals surface area (Å²) < 4.78 is 31.7. The molecule has 0 amide bonds. The van der Waals surface area contributed by atoms with E-state index in [2.05, 4.69) is 71.0 Å². The molecular formula is C57H61N11O7S2. The van der Waals surface area contributed by atoms with Crippen LogP contribution in [-0.2, 0) is 55.6 Å². The molecule has 2 aromatic carbocycles. The van der Waals surface area contributed by atoms with Crippen LogP contribution in [0.15, 0.2) is 100 Å². The highest BCUT2D eigenvalue weighted by Crippen LogP contribution is 2.32. The molecule has 10 heterocycles. The Kier molecular flexibility index (Phi) is 14.8. The largest absolute Gasteiger partial charge is 0.476 e. The maximum atomic E-state index is 12.6. The molecular weight excluding hydrogens is 1010 g/mol. The Morgan fingerprint density at radius 3 is 1.62 bits per heavy atom. The van der Waals surface area contributed by atoms with Crippen molar-refractivity contribution in [1.29, 1.82) is 0 Å². The van der Waals surface area contributed by atoms with Crippen LogP contribution in [0, 0.1) is 0 Å². The van der Waals surface area contributed by atoms with E-state index in [1.54, 1.807) is 22.7 Å². The van der Waals surface area contributed by atoms with Crippen molar-refractivity contribution in [2.45, 2.75) is 78.1 Å². The minimum atomic E-state index is -0.130. The number of ketones is 2. The van der Waals surface area contributed by atoms with Gasteiger partial charge >= 0.3 is 0 Å². The van der Waals surface area contributed by atoms with Crippen molar-refractivity contribution in [3.63, 3.8) is 0 Å². The molecule has 0 bridgehead atoms. The first-order valence-electron chi connectivity index (χ1n) is 26.0. The molecule has 0 aliphatic carbocycles. The lowest BCUT2D eigenvalue weighted by Crippen LogP contribution is -2.38. The van der Waals surface area contributed by atoms with Gasteiger partial charge in [-0.1, -0.05) is 123 Å². The molecule has 0 radical (unpaired) electrons. The molecule has 0 spiro atoms. The molecule has 77 heavy (non-hydrogen) atoms. The third-order valence-corrected chi connectivity index (χ3v) is 15.4. The Labute approximate surface area is 453 Å². The van der Waals surface area contributed by atoms with E-state index >= 15 is 0 Å². The van der Waals surface area contributed by atoms with Gasteiger partial charge in [0.25, 0.3) is 0 Å². The van der Waals surface area contributed by atoms with Crippen LogP contribution in [0.1, 0.15) is 75.6 Å². The molecule has 398 valence electrons. The predicted octanol–water partition coefficient (Wildman–Crippen LogP) is 9.44. The summed E-state index contributed by atoms with van der Waals surface area (Å²) in [5.74, 6) is 3.16. The number of aromatic nitrogens is 9. The first-order valence-corrected chi connectivity index (χ1v) is 27.6. The monoisotopic (exact) mass is 1080 g/mol. The Hall–Kier alpha value is -7.23. The second-order valence-electron chi connectivity index (χ2n) is 21.5. The molecule has 2 aliphatic heterocycles. The molecule has 2 fully saturated rings. The standard InChI is InChI=1S/C30H33N5O4S.C27H28N6O3S/c1-30(2,3)26-18-22(33-39-26)17-23(36)16-20-4-6-21(7-5-20)24-19-35-25-8-9-27(32-28(25)40-29(35)31-24)38-15-12-34-10-13-37-14-11-34;1-27(2,3)23-14-19(31-36-23)13-20(34)12-17-4-6-18(7-5-17)21-16-33-22-15-28-25(32-8-10-35-11-9-32)30-24(22)37-26(33)29-21/h4-9,18-19H,10-17H2,1-3H3;4-7,14-16H,8-13H2,1-3H3. The molecule has 20 heteroatoms. The summed E-state index contributed by atoms with van der Waals surface area (Å²) >= 11 is 3.10. The Morgan fingerprint density at radius 1 is 0.597 bits per heavy atom. The number of imidazole rings is 2. The Morgan fingerprint density at radius 2 is 1.10 bits per heavy atom. The number of anilines is 1. The SMILES string of the molecule is CC(C)(C)c1cc(CC(=O)Cc2ccc(-c3cn4c(n3)sc3nc(N5CCOCC5)ncc34)cc2)no1.CC(C)(C)c1cc(CC(=O)Cc2ccc(-c3cn4c(n3)sc3nc(OCCN5CCOCC5)ccc34)cc2)no1. The number of rotatable bonds is 15. The number of morpholine rings is 2. The molecule has 2 saturated heterocycles. The topological polar surface area (TPSA) is 194 Å². The molecule has 12 rings (SSSR count). The minimum Gasteiger partial charge on any atom is -0.476 e. The highest BCUT2D eigenvalue weighted by Gasteiger charge is 2.23. The Balaban J connectivity index is 0.000000164. The summed E-state index contributed by atoms with van der Waals surface area (Å²) in [7, 11) is 0. The summed E-state index contributed by atoms with van der Waals surface area (Å²) in [6.45, 7) is 20.3. The number of carbonyl (C=O) groups is 2. The first-order chi connectivity index (χ1) is 37.1. The van der Waals surface area contributed by atoms with E-state index in [1.807, 2.05) is 95.8 Å². The zero-order chi connectivity index (χ0) is 53.3. The Bertz CT molecular complexity index is 3680. The fourth-order valence-corrected chi connectivity index (χ4v) is 11.0. The predicted molar refractivity (Wildman–Crippen MR) is 296 cm³/mol. The van der Waals surface area contributed by atoms with Gasteiger partial charge in [-0.05, 0) is 17.2 Å². The maximum Gasteiger partial charge on any atom is 0.226 e. The van der Waals surface area contributed by atoms with Crippen molar-refractivity contribution in [2.24, 2.45) is 0 Å². The molecule has 0 N–H and O–H groups in total. The van der Waals surface area contributed by atoms with E-state index < -0.39 is 0 Å². The van der Waals surface area contributed by atoms with Crippen molar-refractivity contribution in [2.75, 3.05) is 70.7 Å². The number of ether oxygens (including phenoxy) is 3. The normalized spacial score (nSPS) is 14.7. The second-order valence-corrected chi connectivity index (χ2v) is 23.5. The molecule has 2 aliphatic rings. The molecule has 0 unspecified atom stereocenters. The van der Waals surface area contributed by atoms with Crippen LogP contribution in [0.4, 0.5) is 5.95 Å². The molecule has 8 aromatic heterocycles. The average molecular weight is 1080 g/mol. The number of hydrogen-bond acceptors (Lipinski definition) is 18. The van der Waals surface area contributed by atoms with E-state index in [0.29, 0.717) is 49.9 Å². The van der Waals surface area contributed by atoms with Gasteiger partial charge in [0, 0.05) is 98.1 Å². The summed E-state index contributed by atoms with van der Waals surface area (Å²) in [6, 6.07) is 23.7. The van der Waals surface area contributed by atoms with E-state index in [1.165, 1.54) is 0 Å². The zero-order valence-electron chi connectivity index (χ0n) is 44.2. The fourth-order valence-electron chi connectivity index (χ4n) is 9.10. The fraction of sp³-hybridized carbons (Fsp3) is 0.386. The van der Waals surface area contributed by atoms with E-state index in [4.69, 9.17) is 43.2 Å². The van der Waals surface area contributed by atoms with Gasteiger partial charge in [-0.25, -0.2) is 24.9 Å². The number of nitrogens with zero attached hydrogens (tertiary/aromatic N) is 11. The lowest BCUT2D eigenvalue weighted by molar-refractivity contribution is -0.118. The first kappa shape index (κ1) is 51.9. The van der Waals surface area contributed by atoms with Crippen LogP contribution < -0.4 is 9.64 Å². The lowest BCUT2D eigenvalue weighted by Gasteiger charge is -2.26. The van der Waals surface area contributed by atoms with Gasteiger partial charge in [-0.15, -0.1) is 0 Å². The van der Waals surface area contributed by atoms with Gasteiger partial charge in [0.05, 0.1) is 73.8 Å². The number of pyridine rings is 1. The number of fused-ring (bicyclic) bond motifs is 6. The smallest absolute Gasteiger partial charge is 0.226 e. The summed E-state index contributed by atoms with van der Waals surface area (Å²) in [6.07, 6.45) is 7.15. The van der Waals surface area contributed by atoms with Crippen molar-refractivity contribution in [1.82, 2.24) is 48.9 Å². The number of benzene rings is 2. The highest BCUT2D eigenvalue weighted by atomic mass is 32.1. The highest BCUT2D eigenvalue weighted by molar-refractivity contribution is 7.23. The minimum absolute atomic E-state index is 0.104. The van der Waals surface area contributed by atoms with Crippen LogP contribution in [0.5, 0.6) is 5.88 Å². The second kappa shape index (κ2) is 22.0. The van der Waals surface area contributed by atoms with Crippen LogP contribution in [0.25, 0.3) is 53.1 Å². The van der Waals surface area contributed by atoms with Crippen LogP contribution in [-0.4, -0.2) is 126 Å². The van der Waals surface area contributed by atoms with E-state index in [-0.39, 0.29) is 35.2 Å². The number of carbonyl (C=O) groups excluding carboxylic acids is 2. The molecule has 18 nitrogen and oxygen atoms in total. The average Bonchev–Trinajstić information content (AvgIpc) is 4.36. The number of hydrogen-bond donors (Lipinski definition) is 0. The number of Topliss-reactive ketones (excluding diaryl/α,β-unsaturated/α-hetero) is 2. The zero-order valence-corrected chi connectivity index (χ0v) is 45.8. The molecule has 0 saturated carbocycles. The quantitative estimate of drug-likeness (QED) is 0.0941. The van der Waals surface area contributed by atoms with Crippen LogP contribution >= 0.6 is 22.7 Å². The molecule has 10 aromatic rings. The van der Waals surface area contributed by atoms with Gasteiger partial charge in [-0.3, -0.25) is 23.3 Å². The summed E-state index contributed by atoms with van der Waals surface area (Å²) in [5.41, 5.74) is 8.73. The van der Waals surface area contributed by atoms with Crippen molar-refractivity contribution in [3.8, 4) is 28.4 Å². The maximum absolute atomic E-state index is 12.6. The van der Waals surface area contributed by atoms with E-state index in [9.17, 15) is 9.59 Å². The van der Waals surface area contributed by atoms with Crippen LogP contribution in [0.2, 0.25) is 0 Å². The van der Waals surface area contributed by atoms with E-state index in [0.717, 1.165) is 128 Å². The van der Waals surface area contributed by atoms with Gasteiger partial charge in [0.2, 0.25) is 11.8 Å². The van der Waals surface area contributed by atoms with Gasteiger partial charge in [-0.2, -0.15) is 0 Å². The summed E-state index contributed by atoms with van der Waals surface area (Å²) in [4.78, 5) is 57.0. The van der Waals surface area contributed by atoms with Crippen molar-refractivity contribution in [3.05, 3.63) is 125 Å². The van der Waals surface area contributed by atoms with Gasteiger partial charge < -0.3 is 28.2 Å². The lowest BCUT2D eigenvalue weighted by atomic mass is 9.93.